The number of thiazole rings is 1. The summed E-state index contributed by atoms with van der Waals surface area (Å²) in [5.74, 6) is -0.936. The van der Waals surface area contributed by atoms with Gasteiger partial charge >= 0.3 is 11.9 Å². The lowest BCUT2D eigenvalue weighted by Crippen LogP contribution is -2.43. The van der Waals surface area contributed by atoms with Crippen LogP contribution in [0.2, 0.25) is 0 Å². The molecule has 80 valence electrons. The topological polar surface area (TPSA) is 59.5 Å². The Kier molecular flexibility index (Phi) is 3.08. The van der Waals surface area contributed by atoms with Gasteiger partial charge in [0.1, 0.15) is 0 Å². The number of cyclic esters (lactones) is 2. The van der Waals surface area contributed by atoms with Gasteiger partial charge in [-0.05, 0) is 0 Å². The molecule has 1 aromatic rings. The quantitative estimate of drug-likeness (QED) is 0.539. The largest absolute Gasteiger partial charge is 0.391 e. The molecule has 0 aliphatic carbocycles. The average molecular weight is 226 g/mol. The van der Waals surface area contributed by atoms with E-state index in [0.717, 1.165) is 12.1 Å². The Balaban J connectivity index is 1.84. The highest BCUT2D eigenvalue weighted by Gasteiger charge is 2.24. The molecule has 0 spiro atoms. The summed E-state index contributed by atoms with van der Waals surface area (Å²) in [6.45, 7) is 1.04. The number of rotatable bonds is 3. The highest BCUT2D eigenvalue weighted by Crippen LogP contribution is 2.05. The summed E-state index contributed by atoms with van der Waals surface area (Å²) in [6.07, 6.45) is 0.754. The molecule has 0 bridgehead atoms. The van der Waals surface area contributed by atoms with Gasteiger partial charge < -0.3 is 4.74 Å². The Hall–Kier alpha value is -1.27. The van der Waals surface area contributed by atoms with Gasteiger partial charge in [0, 0.05) is 18.3 Å². The molecule has 0 unspecified atom stereocenters. The molecule has 0 saturated carbocycles. The van der Waals surface area contributed by atoms with Crippen molar-refractivity contribution in [3.05, 3.63) is 16.6 Å². The third kappa shape index (κ3) is 2.84. The maximum atomic E-state index is 10.9. The van der Waals surface area contributed by atoms with Crippen LogP contribution >= 0.6 is 11.3 Å². The third-order valence-electron chi connectivity index (χ3n) is 2.10. The predicted octanol–water partition coefficient (Wildman–Crippen LogP) is 0.0710. The third-order valence-corrected chi connectivity index (χ3v) is 2.74. The second kappa shape index (κ2) is 4.50. The second-order valence-corrected chi connectivity index (χ2v) is 4.01. The van der Waals surface area contributed by atoms with Gasteiger partial charge in [0.05, 0.1) is 24.3 Å². The number of carbonyl (C=O) groups excluding carboxylic acids is 2. The number of nitrogens with zero attached hydrogens (tertiary/aromatic N) is 2. The molecule has 1 aliphatic rings. The molecule has 0 atom stereocenters. The summed E-state index contributed by atoms with van der Waals surface area (Å²) in [6, 6.07) is 0. The van der Waals surface area contributed by atoms with Gasteiger partial charge in [-0.15, -0.1) is 11.3 Å². The molecule has 1 saturated heterocycles. The lowest BCUT2D eigenvalue weighted by atomic mass is 10.3. The number of ether oxygens (including phenoxy) is 1. The molecular weight excluding hydrogens is 216 g/mol. The van der Waals surface area contributed by atoms with Gasteiger partial charge in [-0.2, -0.15) is 0 Å². The van der Waals surface area contributed by atoms with E-state index in [9.17, 15) is 9.59 Å². The van der Waals surface area contributed by atoms with E-state index in [4.69, 9.17) is 0 Å². The van der Waals surface area contributed by atoms with Crippen LogP contribution in [0.25, 0.3) is 0 Å². The molecule has 1 aliphatic heterocycles. The first-order valence-corrected chi connectivity index (χ1v) is 5.51. The fraction of sp³-hybridized carbons (Fsp3) is 0.444. The van der Waals surface area contributed by atoms with Crippen LogP contribution in [0.15, 0.2) is 10.9 Å². The van der Waals surface area contributed by atoms with Crippen LogP contribution in [0.1, 0.15) is 5.69 Å². The minimum Gasteiger partial charge on any atom is -0.391 e. The molecular formula is C9H10N2O3S. The molecule has 0 aromatic carbocycles. The number of hydrogen-bond acceptors (Lipinski definition) is 6. The van der Waals surface area contributed by atoms with Gasteiger partial charge in [-0.1, -0.05) is 0 Å². The second-order valence-electron chi connectivity index (χ2n) is 3.29. The summed E-state index contributed by atoms with van der Waals surface area (Å²) in [4.78, 5) is 27.8. The van der Waals surface area contributed by atoms with E-state index in [1.54, 1.807) is 10.4 Å². The minimum atomic E-state index is -0.468. The van der Waals surface area contributed by atoms with Crippen LogP contribution in [0.3, 0.4) is 0 Å². The molecule has 0 N–H and O–H groups in total. The van der Waals surface area contributed by atoms with Crippen LogP contribution in [0, 0.1) is 0 Å². The Bertz CT molecular complexity index is 347. The average Bonchev–Trinajstić information content (AvgIpc) is 2.65. The van der Waals surface area contributed by atoms with Gasteiger partial charge in [0.2, 0.25) is 0 Å². The van der Waals surface area contributed by atoms with E-state index in [0.29, 0.717) is 6.54 Å². The number of aromatic nitrogens is 1. The van der Waals surface area contributed by atoms with Crippen LogP contribution in [-0.4, -0.2) is 41.5 Å². The van der Waals surface area contributed by atoms with Crippen molar-refractivity contribution in [3.63, 3.8) is 0 Å². The number of carbonyl (C=O) groups is 2. The van der Waals surface area contributed by atoms with Crippen molar-refractivity contribution >= 4 is 23.3 Å². The van der Waals surface area contributed by atoms with Gasteiger partial charge in [0.25, 0.3) is 0 Å². The molecule has 2 rings (SSSR count). The highest BCUT2D eigenvalue weighted by molar-refractivity contribution is 7.07. The molecule has 6 heteroatoms. The SMILES string of the molecule is O=C1CN(CCc2cscn2)CC(=O)O1. The van der Waals surface area contributed by atoms with Crippen LogP contribution < -0.4 is 0 Å². The maximum absolute atomic E-state index is 10.9. The number of hydrogen-bond donors (Lipinski definition) is 0. The Morgan fingerprint density at radius 3 is 2.73 bits per heavy atom. The molecule has 1 aromatic heterocycles. The predicted molar refractivity (Wildman–Crippen MR) is 53.4 cm³/mol. The Morgan fingerprint density at radius 1 is 1.40 bits per heavy atom. The lowest BCUT2D eigenvalue weighted by Gasteiger charge is -2.23. The summed E-state index contributed by atoms with van der Waals surface area (Å²) in [5, 5.41) is 1.96. The van der Waals surface area contributed by atoms with Crippen molar-refractivity contribution in [1.82, 2.24) is 9.88 Å². The fourth-order valence-corrected chi connectivity index (χ4v) is 2.00. The van der Waals surface area contributed by atoms with Crippen LogP contribution in [0.5, 0.6) is 0 Å². The van der Waals surface area contributed by atoms with Gasteiger partial charge in [0.15, 0.2) is 0 Å². The van der Waals surface area contributed by atoms with E-state index < -0.39 is 11.9 Å². The first-order valence-electron chi connectivity index (χ1n) is 4.57. The molecule has 2 heterocycles. The van der Waals surface area contributed by atoms with Crippen molar-refractivity contribution in [2.45, 2.75) is 6.42 Å². The standard InChI is InChI=1S/C9H10N2O3S/c12-8-3-11(4-9(13)14-8)2-1-7-5-15-6-10-7/h5-6H,1-4H2. The monoisotopic (exact) mass is 226 g/mol. The molecule has 5 nitrogen and oxygen atoms in total. The minimum absolute atomic E-state index is 0.190. The van der Waals surface area contributed by atoms with Crippen LogP contribution in [0.4, 0.5) is 0 Å². The summed E-state index contributed by atoms with van der Waals surface area (Å²) in [7, 11) is 0. The maximum Gasteiger partial charge on any atom is 0.327 e. The first-order chi connectivity index (χ1) is 7.24. The molecule has 15 heavy (non-hydrogen) atoms. The number of esters is 2. The van der Waals surface area contributed by atoms with E-state index in [2.05, 4.69) is 9.72 Å². The van der Waals surface area contributed by atoms with Crippen LogP contribution in [-0.2, 0) is 20.7 Å². The van der Waals surface area contributed by atoms with E-state index in [1.807, 2.05) is 5.38 Å². The summed E-state index contributed by atoms with van der Waals surface area (Å²) < 4.78 is 4.42. The fourth-order valence-electron chi connectivity index (χ4n) is 1.40. The van der Waals surface area contributed by atoms with Gasteiger partial charge in [-0.25, -0.2) is 4.98 Å². The Morgan fingerprint density at radius 2 is 2.13 bits per heavy atom. The zero-order valence-electron chi connectivity index (χ0n) is 8.01. The normalized spacial score (nSPS) is 17.9. The zero-order chi connectivity index (χ0) is 10.7. The first kappa shape index (κ1) is 10.3. The number of morpholine rings is 1. The molecule has 0 amide bonds. The Labute approximate surface area is 90.7 Å². The summed E-state index contributed by atoms with van der Waals surface area (Å²) >= 11 is 1.54. The van der Waals surface area contributed by atoms with Crippen molar-refractivity contribution < 1.29 is 14.3 Å². The highest BCUT2D eigenvalue weighted by atomic mass is 32.1. The van der Waals surface area contributed by atoms with Crippen molar-refractivity contribution in [1.29, 1.82) is 0 Å². The smallest absolute Gasteiger partial charge is 0.327 e. The van der Waals surface area contributed by atoms with Crippen molar-refractivity contribution in [3.8, 4) is 0 Å². The van der Waals surface area contributed by atoms with E-state index >= 15 is 0 Å². The van der Waals surface area contributed by atoms with Crippen molar-refractivity contribution in [2.24, 2.45) is 0 Å². The lowest BCUT2D eigenvalue weighted by molar-refractivity contribution is -0.166. The van der Waals surface area contributed by atoms with Gasteiger partial charge in [-0.3, -0.25) is 14.5 Å². The summed E-state index contributed by atoms with van der Waals surface area (Å²) in [5.41, 5.74) is 2.76. The van der Waals surface area contributed by atoms with E-state index in [-0.39, 0.29) is 13.1 Å². The van der Waals surface area contributed by atoms with E-state index in [1.165, 1.54) is 11.3 Å². The molecule has 0 radical (unpaired) electrons. The molecule has 1 fully saturated rings. The zero-order valence-corrected chi connectivity index (χ0v) is 8.83. The van der Waals surface area contributed by atoms with Crippen molar-refractivity contribution in [2.75, 3.05) is 19.6 Å².